The standard InChI is InChI=1S/C10H9F2N3S/c11-7-1-2-8(12)6(3-7)5-14-10-4-9(13)15-16-10/h1-4,14H,5H2,(H2,13,15). The quantitative estimate of drug-likeness (QED) is 0.868. The largest absolute Gasteiger partial charge is 0.383 e. The molecular weight excluding hydrogens is 232 g/mol. The lowest BCUT2D eigenvalue weighted by Gasteiger charge is -2.04. The van der Waals surface area contributed by atoms with E-state index in [2.05, 4.69) is 9.69 Å². The molecular formula is C10H9F2N3S. The van der Waals surface area contributed by atoms with Crippen molar-refractivity contribution in [2.24, 2.45) is 0 Å². The Balaban J connectivity index is 2.07. The minimum absolute atomic E-state index is 0.200. The van der Waals surface area contributed by atoms with Gasteiger partial charge in [0.05, 0.1) is 0 Å². The number of nitrogens with two attached hydrogens (primary N) is 1. The van der Waals surface area contributed by atoms with Gasteiger partial charge in [-0.3, -0.25) is 0 Å². The van der Waals surface area contributed by atoms with Gasteiger partial charge in [-0.1, -0.05) is 0 Å². The van der Waals surface area contributed by atoms with Crippen LogP contribution in [0.1, 0.15) is 5.56 Å². The molecule has 0 saturated heterocycles. The molecule has 0 amide bonds. The minimum Gasteiger partial charge on any atom is -0.383 e. The van der Waals surface area contributed by atoms with Crippen LogP contribution in [-0.4, -0.2) is 4.37 Å². The summed E-state index contributed by atoms with van der Waals surface area (Å²) in [5.74, 6) is -0.486. The number of anilines is 2. The summed E-state index contributed by atoms with van der Waals surface area (Å²) in [5, 5.41) is 3.64. The number of nitrogen functional groups attached to an aromatic ring is 1. The van der Waals surface area contributed by atoms with Gasteiger partial charge < -0.3 is 11.1 Å². The van der Waals surface area contributed by atoms with E-state index in [1.165, 1.54) is 11.5 Å². The van der Waals surface area contributed by atoms with Crippen molar-refractivity contribution in [3.8, 4) is 0 Å². The van der Waals surface area contributed by atoms with Crippen LogP contribution in [0.3, 0.4) is 0 Å². The molecule has 0 aliphatic heterocycles. The summed E-state index contributed by atoms with van der Waals surface area (Å²) < 4.78 is 29.9. The van der Waals surface area contributed by atoms with Crippen molar-refractivity contribution in [1.82, 2.24) is 4.37 Å². The summed E-state index contributed by atoms with van der Waals surface area (Å²) in [6.07, 6.45) is 0. The third kappa shape index (κ3) is 2.46. The zero-order valence-electron chi connectivity index (χ0n) is 8.21. The molecule has 0 bridgehead atoms. The number of rotatable bonds is 3. The molecule has 0 radical (unpaired) electrons. The average Bonchev–Trinajstić information content (AvgIpc) is 2.66. The summed E-state index contributed by atoms with van der Waals surface area (Å²) in [6.45, 7) is 0.200. The molecule has 0 fully saturated rings. The molecule has 0 saturated carbocycles. The van der Waals surface area contributed by atoms with Crippen LogP contribution in [0.5, 0.6) is 0 Å². The fourth-order valence-corrected chi connectivity index (χ4v) is 1.80. The highest BCUT2D eigenvalue weighted by Gasteiger charge is 2.04. The van der Waals surface area contributed by atoms with Crippen molar-refractivity contribution in [3.05, 3.63) is 41.5 Å². The summed E-state index contributed by atoms with van der Waals surface area (Å²) in [5.41, 5.74) is 5.70. The van der Waals surface area contributed by atoms with E-state index in [1.54, 1.807) is 6.07 Å². The third-order valence-electron chi connectivity index (χ3n) is 1.99. The van der Waals surface area contributed by atoms with E-state index < -0.39 is 11.6 Å². The molecule has 1 aromatic heterocycles. The maximum Gasteiger partial charge on any atom is 0.139 e. The van der Waals surface area contributed by atoms with E-state index in [1.807, 2.05) is 0 Å². The van der Waals surface area contributed by atoms with Gasteiger partial charge in [0.15, 0.2) is 0 Å². The van der Waals surface area contributed by atoms with Crippen molar-refractivity contribution in [3.63, 3.8) is 0 Å². The van der Waals surface area contributed by atoms with Crippen molar-refractivity contribution >= 4 is 22.4 Å². The fourth-order valence-electron chi connectivity index (χ4n) is 1.23. The number of hydrogen-bond acceptors (Lipinski definition) is 4. The Bertz CT molecular complexity index is 499. The second-order valence-electron chi connectivity index (χ2n) is 3.21. The highest BCUT2D eigenvalue weighted by atomic mass is 32.1. The first-order valence-electron chi connectivity index (χ1n) is 4.55. The van der Waals surface area contributed by atoms with Gasteiger partial charge in [0.1, 0.15) is 22.5 Å². The van der Waals surface area contributed by atoms with E-state index in [9.17, 15) is 8.78 Å². The van der Waals surface area contributed by atoms with E-state index in [-0.39, 0.29) is 12.1 Å². The molecule has 16 heavy (non-hydrogen) atoms. The van der Waals surface area contributed by atoms with Gasteiger partial charge in [-0.05, 0) is 29.7 Å². The Morgan fingerprint density at radius 3 is 2.81 bits per heavy atom. The molecule has 3 nitrogen and oxygen atoms in total. The maximum absolute atomic E-state index is 13.2. The topological polar surface area (TPSA) is 50.9 Å². The SMILES string of the molecule is Nc1cc(NCc2cc(F)ccc2F)sn1. The molecule has 0 spiro atoms. The highest BCUT2D eigenvalue weighted by molar-refractivity contribution is 7.10. The molecule has 1 aromatic carbocycles. The van der Waals surface area contributed by atoms with Crippen molar-refractivity contribution in [2.45, 2.75) is 6.54 Å². The first-order chi connectivity index (χ1) is 7.65. The number of nitrogens with zero attached hydrogens (tertiary/aromatic N) is 1. The van der Waals surface area contributed by atoms with E-state index in [0.717, 1.165) is 23.2 Å². The van der Waals surface area contributed by atoms with Gasteiger partial charge in [-0.25, -0.2) is 8.78 Å². The monoisotopic (exact) mass is 241 g/mol. The lowest BCUT2D eigenvalue weighted by molar-refractivity contribution is 0.588. The highest BCUT2D eigenvalue weighted by Crippen LogP contribution is 2.19. The van der Waals surface area contributed by atoms with Gasteiger partial charge in [0.2, 0.25) is 0 Å². The molecule has 1 heterocycles. The van der Waals surface area contributed by atoms with Crippen LogP contribution >= 0.6 is 11.5 Å². The molecule has 3 N–H and O–H groups in total. The van der Waals surface area contributed by atoms with Crippen LogP contribution in [0.4, 0.5) is 19.6 Å². The average molecular weight is 241 g/mol. The Kier molecular flexibility index (Phi) is 3.00. The number of halogens is 2. The minimum atomic E-state index is -0.456. The van der Waals surface area contributed by atoms with Gasteiger partial charge in [0.25, 0.3) is 0 Å². The number of benzene rings is 1. The Labute approximate surface area is 95.1 Å². The first kappa shape index (κ1) is 10.8. The Morgan fingerprint density at radius 1 is 1.31 bits per heavy atom. The van der Waals surface area contributed by atoms with Gasteiger partial charge >= 0.3 is 0 Å². The molecule has 2 rings (SSSR count). The predicted molar refractivity (Wildman–Crippen MR) is 60.2 cm³/mol. The molecule has 0 unspecified atom stereocenters. The number of aromatic nitrogens is 1. The second-order valence-corrected chi connectivity index (χ2v) is 4.01. The Hall–Kier alpha value is -1.69. The summed E-state index contributed by atoms with van der Waals surface area (Å²) >= 11 is 1.18. The summed E-state index contributed by atoms with van der Waals surface area (Å²) in [6, 6.07) is 4.99. The van der Waals surface area contributed by atoms with Crippen LogP contribution < -0.4 is 11.1 Å². The van der Waals surface area contributed by atoms with Gasteiger partial charge in [0, 0.05) is 18.2 Å². The van der Waals surface area contributed by atoms with Crippen LogP contribution in [0.2, 0.25) is 0 Å². The fraction of sp³-hybridized carbons (Fsp3) is 0.100. The van der Waals surface area contributed by atoms with Gasteiger partial charge in [-0.2, -0.15) is 4.37 Å². The Morgan fingerprint density at radius 2 is 2.12 bits per heavy atom. The van der Waals surface area contributed by atoms with E-state index in [4.69, 9.17) is 5.73 Å². The van der Waals surface area contributed by atoms with Crippen molar-refractivity contribution < 1.29 is 8.78 Å². The zero-order chi connectivity index (χ0) is 11.5. The normalized spacial score (nSPS) is 10.4. The summed E-state index contributed by atoms with van der Waals surface area (Å²) in [4.78, 5) is 0. The van der Waals surface area contributed by atoms with E-state index >= 15 is 0 Å². The first-order valence-corrected chi connectivity index (χ1v) is 5.32. The second kappa shape index (κ2) is 4.44. The van der Waals surface area contributed by atoms with Crippen molar-refractivity contribution in [2.75, 3.05) is 11.1 Å². The number of nitrogens with one attached hydrogen (secondary N) is 1. The zero-order valence-corrected chi connectivity index (χ0v) is 9.02. The van der Waals surface area contributed by atoms with Crippen LogP contribution in [0.25, 0.3) is 0 Å². The molecule has 0 aliphatic rings. The van der Waals surface area contributed by atoms with Crippen LogP contribution in [0.15, 0.2) is 24.3 Å². The smallest absolute Gasteiger partial charge is 0.139 e. The lowest BCUT2D eigenvalue weighted by atomic mass is 10.2. The third-order valence-corrected chi connectivity index (χ3v) is 2.75. The molecule has 0 aliphatic carbocycles. The van der Waals surface area contributed by atoms with E-state index in [0.29, 0.717) is 5.82 Å². The van der Waals surface area contributed by atoms with Crippen LogP contribution in [0, 0.1) is 11.6 Å². The molecule has 84 valence electrons. The maximum atomic E-state index is 13.2. The number of hydrogen-bond donors (Lipinski definition) is 2. The summed E-state index contributed by atoms with van der Waals surface area (Å²) in [7, 11) is 0. The predicted octanol–water partition coefficient (Wildman–Crippen LogP) is 2.62. The lowest BCUT2D eigenvalue weighted by Crippen LogP contribution is -2.01. The molecule has 2 aromatic rings. The van der Waals surface area contributed by atoms with Crippen LogP contribution in [-0.2, 0) is 6.54 Å². The molecule has 0 atom stereocenters. The van der Waals surface area contributed by atoms with Gasteiger partial charge in [-0.15, -0.1) is 0 Å². The molecule has 6 heteroatoms. The van der Waals surface area contributed by atoms with Crippen molar-refractivity contribution in [1.29, 1.82) is 0 Å².